The normalized spacial score (nSPS) is 12.0. The first-order valence-electron chi connectivity index (χ1n) is 6.91. The number of benzene rings is 1. The largest absolute Gasteiger partial charge is 0.344 e. The molecule has 3 N–H and O–H groups in total. The molecule has 1 aromatic heterocycles. The topological polar surface area (TPSA) is 78.4 Å². The molecule has 1 atom stereocenters. The van der Waals surface area contributed by atoms with Crippen LogP contribution in [0.3, 0.4) is 0 Å². The summed E-state index contributed by atoms with van der Waals surface area (Å²) in [5.41, 5.74) is 2.87. The zero-order valence-corrected chi connectivity index (χ0v) is 13.2. The third kappa shape index (κ3) is 3.72. The third-order valence-electron chi connectivity index (χ3n) is 3.33. The summed E-state index contributed by atoms with van der Waals surface area (Å²) in [5.74, 6) is -0.470. The summed E-state index contributed by atoms with van der Waals surface area (Å²) in [6, 6.07) is 10.3. The molecule has 1 unspecified atom stereocenters. The van der Waals surface area contributed by atoms with E-state index in [-0.39, 0.29) is 17.9 Å². The Morgan fingerprint density at radius 2 is 1.77 bits per heavy atom. The molecule has 0 fully saturated rings. The van der Waals surface area contributed by atoms with Gasteiger partial charge in [-0.25, -0.2) is 5.48 Å². The van der Waals surface area contributed by atoms with Gasteiger partial charge in [-0.15, -0.1) is 11.3 Å². The van der Waals surface area contributed by atoms with Gasteiger partial charge in [0, 0.05) is 5.56 Å². The van der Waals surface area contributed by atoms with Crippen LogP contribution in [0, 0.1) is 5.92 Å². The molecule has 0 saturated heterocycles. The van der Waals surface area contributed by atoms with E-state index in [1.54, 1.807) is 35.8 Å². The molecule has 0 radical (unpaired) electrons. The Balaban J connectivity index is 2.17. The minimum absolute atomic E-state index is 0.106. The third-order valence-corrected chi connectivity index (χ3v) is 4.20. The van der Waals surface area contributed by atoms with E-state index in [0.29, 0.717) is 10.4 Å². The highest BCUT2D eigenvalue weighted by Crippen LogP contribution is 2.23. The number of amides is 2. The van der Waals surface area contributed by atoms with Gasteiger partial charge in [-0.05, 0) is 35.1 Å². The monoisotopic (exact) mass is 318 g/mol. The first kappa shape index (κ1) is 16.2. The number of hydrogen-bond acceptors (Lipinski definition) is 4. The van der Waals surface area contributed by atoms with Crippen LogP contribution in [0.25, 0.3) is 0 Å². The van der Waals surface area contributed by atoms with Gasteiger partial charge in [0.05, 0.1) is 10.9 Å². The highest BCUT2D eigenvalue weighted by Gasteiger charge is 2.20. The van der Waals surface area contributed by atoms with Crippen LogP contribution in [0.4, 0.5) is 0 Å². The SMILES string of the molecule is CC(C)C(NC(=O)c1cccs1)c1ccc(C(=O)NO)cc1. The number of carbonyl (C=O) groups is 2. The van der Waals surface area contributed by atoms with Crippen LogP contribution in [0.15, 0.2) is 41.8 Å². The molecule has 2 rings (SSSR count). The van der Waals surface area contributed by atoms with Crippen LogP contribution in [0.1, 0.15) is 45.5 Å². The first-order chi connectivity index (χ1) is 10.5. The van der Waals surface area contributed by atoms with Crippen LogP contribution in [-0.4, -0.2) is 17.0 Å². The quantitative estimate of drug-likeness (QED) is 0.586. The molecule has 0 aliphatic heterocycles. The lowest BCUT2D eigenvalue weighted by molar-refractivity contribution is 0.0706. The van der Waals surface area contributed by atoms with Gasteiger partial charge in [0.1, 0.15) is 0 Å². The average molecular weight is 318 g/mol. The minimum atomic E-state index is -0.560. The summed E-state index contributed by atoms with van der Waals surface area (Å²) in [4.78, 5) is 24.2. The van der Waals surface area contributed by atoms with Gasteiger partial charge in [0.25, 0.3) is 11.8 Å². The molecule has 6 heteroatoms. The predicted molar refractivity (Wildman–Crippen MR) is 85.1 cm³/mol. The van der Waals surface area contributed by atoms with Crippen LogP contribution in [0.5, 0.6) is 0 Å². The fourth-order valence-corrected chi connectivity index (χ4v) is 2.79. The maximum Gasteiger partial charge on any atom is 0.274 e. The second-order valence-electron chi connectivity index (χ2n) is 5.24. The van der Waals surface area contributed by atoms with Gasteiger partial charge >= 0.3 is 0 Å². The predicted octanol–water partition coefficient (Wildman–Crippen LogP) is 2.99. The van der Waals surface area contributed by atoms with Crippen LogP contribution >= 0.6 is 11.3 Å². The van der Waals surface area contributed by atoms with E-state index in [4.69, 9.17) is 5.21 Å². The summed E-state index contributed by atoms with van der Waals surface area (Å²) >= 11 is 1.40. The van der Waals surface area contributed by atoms with E-state index >= 15 is 0 Å². The van der Waals surface area contributed by atoms with Crippen molar-refractivity contribution in [2.24, 2.45) is 5.92 Å². The second kappa shape index (κ2) is 7.20. The molecule has 0 aliphatic rings. The Labute approximate surface area is 132 Å². The van der Waals surface area contributed by atoms with Crippen molar-refractivity contribution < 1.29 is 14.8 Å². The lowest BCUT2D eigenvalue weighted by atomic mass is 9.95. The zero-order chi connectivity index (χ0) is 16.1. The Bertz CT molecular complexity index is 636. The second-order valence-corrected chi connectivity index (χ2v) is 6.18. The molecule has 2 amide bonds. The Morgan fingerprint density at radius 1 is 1.09 bits per heavy atom. The van der Waals surface area contributed by atoms with Crippen molar-refractivity contribution in [3.63, 3.8) is 0 Å². The number of rotatable bonds is 5. The number of hydroxylamine groups is 1. The van der Waals surface area contributed by atoms with Gasteiger partial charge in [0.15, 0.2) is 0 Å². The summed E-state index contributed by atoms with van der Waals surface area (Å²) in [6.07, 6.45) is 0. The van der Waals surface area contributed by atoms with E-state index in [0.717, 1.165) is 5.56 Å². The molecule has 22 heavy (non-hydrogen) atoms. The van der Waals surface area contributed by atoms with Crippen LogP contribution < -0.4 is 10.8 Å². The molecule has 0 aliphatic carbocycles. The summed E-state index contributed by atoms with van der Waals surface area (Å²) in [5, 5.41) is 13.5. The first-order valence-corrected chi connectivity index (χ1v) is 7.79. The Hall–Kier alpha value is -2.18. The maximum absolute atomic E-state index is 12.2. The van der Waals surface area contributed by atoms with E-state index in [2.05, 4.69) is 5.32 Å². The van der Waals surface area contributed by atoms with Gasteiger partial charge < -0.3 is 5.32 Å². The van der Waals surface area contributed by atoms with Gasteiger partial charge in [-0.3, -0.25) is 14.8 Å². The molecule has 2 aromatic rings. The van der Waals surface area contributed by atoms with Crippen molar-refractivity contribution in [1.82, 2.24) is 10.8 Å². The minimum Gasteiger partial charge on any atom is -0.344 e. The Morgan fingerprint density at radius 3 is 2.27 bits per heavy atom. The average Bonchev–Trinajstić information content (AvgIpc) is 3.06. The van der Waals surface area contributed by atoms with Crippen molar-refractivity contribution in [2.75, 3.05) is 0 Å². The molecule has 0 saturated carbocycles. The highest BCUT2D eigenvalue weighted by molar-refractivity contribution is 7.12. The number of thiophene rings is 1. The standard InChI is InChI=1S/C16H18N2O3S/c1-10(2)14(17-16(20)13-4-3-9-22-13)11-5-7-12(8-6-11)15(19)18-21/h3-10,14,21H,1-2H3,(H,17,20)(H,18,19). The van der Waals surface area contributed by atoms with Crippen molar-refractivity contribution in [3.05, 3.63) is 57.8 Å². The molecule has 116 valence electrons. The fourth-order valence-electron chi connectivity index (χ4n) is 2.16. The van der Waals surface area contributed by atoms with Crippen molar-refractivity contribution >= 4 is 23.2 Å². The van der Waals surface area contributed by atoms with E-state index in [9.17, 15) is 9.59 Å². The van der Waals surface area contributed by atoms with Crippen LogP contribution in [-0.2, 0) is 0 Å². The molecular weight excluding hydrogens is 300 g/mol. The van der Waals surface area contributed by atoms with Crippen molar-refractivity contribution in [3.8, 4) is 0 Å². The lowest BCUT2D eigenvalue weighted by Crippen LogP contribution is -2.31. The fraction of sp³-hybridized carbons (Fsp3) is 0.250. The van der Waals surface area contributed by atoms with Crippen LogP contribution in [0.2, 0.25) is 0 Å². The van der Waals surface area contributed by atoms with Gasteiger partial charge in [0.2, 0.25) is 0 Å². The zero-order valence-electron chi connectivity index (χ0n) is 12.4. The molecule has 1 aromatic carbocycles. The summed E-state index contributed by atoms with van der Waals surface area (Å²) < 4.78 is 0. The van der Waals surface area contributed by atoms with E-state index < -0.39 is 5.91 Å². The molecule has 5 nitrogen and oxygen atoms in total. The van der Waals surface area contributed by atoms with Crippen molar-refractivity contribution in [1.29, 1.82) is 0 Å². The van der Waals surface area contributed by atoms with Gasteiger partial charge in [-0.2, -0.15) is 0 Å². The van der Waals surface area contributed by atoms with Gasteiger partial charge in [-0.1, -0.05) is 32.0 Å². The molecule has 0 bridgehead atoms. The number of carbonyl (C=O) groups excluding carboxylic acids is 2. The van der Waals surface area contributed by atoms with E-state index in [1.165, 1.54) is 11.3 Å². The number of hydrogen-bond donors (Lipinski definition) is 3. The molecular formula is C16H18N2O3S. The smallest absolute Gasteiger partial charge is 0.274 e. The van der Waals surface area contributed by atoms with Crippen molar-refractivity contribution in [2.45, 2.75) is 19.9 Å². The Kier molecular flexibility index (Phi) is 5.30. The highest BCUT2D eigenvalue weighted by atomic mass is 32.1. The maximum atomic E-state index is 12.2. The summed E-state index contributed by atoms with van der Waals surface area (Å²) in [6.45, 7) is 4.04. The van der Waals surface area contributed by atoms with E-state index in [1.807, 2.05) is 25.3 Å². The summed E-state index contributed by atoms with van der Waals surface area (Å²) in [7, 11) is 0. The molecule has 0 spiro atoms. The lowest BCUT2D eigenvalue weighted by Gasteiger charge is -2.23. The number of nitrogens with one attached hydrogen (secondary N) is 2. The molecule has 1 heterocycles.